The van der Waals surface area contributed by atoms with Crippen LogP contribution in [0.4, 0.5) is 15.8 Å². The second-order valence-electron chi connectivity index (χ2n) is 4.71. The molecule has 5 heteroatoms. The van der Waals surface area contributed by atoms with Gasteiger partial charge in [0.1, 0.15) is 5.82 Å². The predicted octanol–water partition coefficient (Wildman–Crippen LogP) is 4.13. The van der Waals surface area contributed by atoms with E-state index in [1.807, 2.05) is 18.2 Å². The Balaban J connectivity index is 2.07. The summed E-state index contributed by atoms with van der Waals surface area (Å²) in [6.07, 6.45) is 1.71. The largest absolute Gasteiger partial charge is 0.493 e. The Morgan fingerprint density at radius 3 is 2.32 bits per heavy atom. The molecule has 4 nitrogen and oxygen atoms in total. The van der Waals surface area contributed by atoms with Crippen LogP contribution in [-0.4, -0.2) is 19.2 Å². The van der Waals surface area contributed by atoms with E-state index < -0.39 is 0 Å². The Hall–Kier alpha value is -2.82. The lowest BCUT2D eigenvalue weighted by molar-refractivity contribution is 0.356. The number of aromatic nitrogens is 1. The van der Waals surface area contributed by atoms with Crippen LogP contribution in [0.1, 0.15) is 0 Å². The lowest BCUT2D eigenvalue weighted by atomic mass is 10.1. The number of halogens is 1. The van der Waals surface area contributed by atoms with Gasteiger partial charge in [0.2, 0.25) is 0 Å². The maximum Gasteiger partial charge on any atom is 0.162 e. The number of hydrogen-bond donors (Lipinski definition) is 1. The van der Waals surface area contributed by atoms with Crippen LogP contribution in [0.2, 0.25) is 0 Å². The number of methoxy groups -OCH3 is 2. The molecule has 1 heterocycles. The van der Waals surface area contributed by atoms with Gasteiger partial charge in [0.05, 0.1) is 19.7 Å². The molecule has 0 spiro atoms. The Morgan fingerprint density at radius 2 is 1.64 bits per heavy atom. The zero-order valence-corrected chi connectivity index (χ0v) is 12.3. The normalized spacial score (nSPS) is 10.5. The quantitative estimate of drug-likeness (QED) is 0.786. The van der Waals surface area contributed by atoms with Gasteiger partial charge in [0.25, 0.3) is 0 Å². The first-order chi connectivity index (χ1) is 10.7. The predicted molar refractivity (Wildman–Crippen MR) is 84.5 cm³/mol. The van der Waals surface area contributed by atoms with Crippen LogP contribution < -0.4 is 14.8 Å². The summed E-state index contributed by atoms with van der Waals surface area (Å²) in [7, 11) is 3.18. The van der Waals surface area contributed by atoms with Gasteiger partial charge >= 0.3 is 0 Å². The van der Waals surface area contributed by atoms with Crippen molar-refractivity contribution in [3.8, 4) is 11.5 Å². The highest BCUT2D eigenvalue weighted by atomic mass is 19.1. The van der Waals surface area contributed by atoms with Crippen LogP contribution in [0.15, 0.2) is 48.7 Å². The second kappa shape index (κ2) is 5.89. The van der Waals surface area contributed by atoms with Gasteiger partial charge in [-0.2, -0.15) is 0 Å². The number of ether oxygens (including phenoxy) is 2. The minimum absolute atomic E-state index is 0.267. The highest BCUT2D eigenvalue weighted by Gasteiger charge is 2.10. The summed E-state index contributed by atoms with van der Waals surface area (Å²) in [5, 5.41) is 4.15. The van der Waals surface area contributed by atoms with Gasteiger partial charge in [-0.1, -0.05) is 0 Å². The van der Waals surface area contributed by atoms with Gasteiger partial charge in [0, 0.05) is 29.0 Å². The number of benzene rings is 2. The second-order valence-corrected chi connectivity index (χ2v) is 4.71. The minimum atomic E-state index is -0.267. The highest BCUT2D eigenvalue weighted by Crippen LogP contribution is 2.35. The number of pyridine rings is 1. The molecule has 0 aliphatic rings. The Kier molecular flexibility index (Phi) is 3.78. The fraction of sp³-hybridized carbons (Fsp3) is 0.118. The average Bonchev–Trinajstić information content (AvgIpc) is 2.56. The lowest BCUT2D eigenvalue weighted by Crippen LogP contribution is -1.95. The molecule has 2 aromatic carbocycles. The van der Waals surface area contributed by atoms with E-state index in [9.17, 15) is 4.39 Å². The van der Waals surface area contributed by atoms with E-state index in [-0.39, 0.29) is 5.82 Å². The van der Waals surface area contributed by atoms with E-state index in [4.69, 9.17) is 9.47 Å². The average molecular weight is 298 g/mol. The molecule has 0 aliphatic carbocycles. The first-order valence-electron chi connectivity index (χ1n) is 6.74. The molecule has 3 rings (SSSR count). The number of nitrogens with one attached hydrogen (secondary N) is 1. The van der Waals surface area contributed by atoms with Gasteiger partial charge in [-0.15, -0.1) is 0 Å². The van der Waals surface area contributed by atoms with Gasteiger partial charge in [-0.05, 0) is 36.4 Å². The fourth-order valence-corrected chi connectivity index (χ4v) is 2.27. The summed E-state index contributed by atoms with van der Waals surface area (Å²) in [4.78, 5) is 4.35. The molecule has 1 N–H and O–H groups in total. The van der Waals surface area contributed by atoms with Crippen LogP contribution in [0.3, 0.4) is 0 Å². The SMILES string of the molecule is COc1cc2nccc(Nc3ccc(F)cc3)c2cc1OC. The summed E-state index contributed by atoms with van der Waals surface area (Å²) in [6, 6.07) is 11.7. The number of rotatable bonds is 4. The highest BCUT2D eigenvalue weighted by molar-refractivity contribution is 5.95. The third-order valence-corrected chi connectivity index (χ3v) is 3.37. The summed E-state index contributed by atoms with van der Waals surface area (Å²) in [5.41, 5.74) is 2.44. The van der Waals surface area contributed by atoms with Crippen LogP contribution >= 0.6 is 0 Å². The van der Waals surface area contributed by atoms with E-state index in [1.165, 1.54) is 12.1 Å². The van der Waals surface area contributed by atoms with Crippen molar-refractivity contribution < 1.29 is 13.9 Å². The Labute approximate surface area is 127 Å². The van der Waals surface area contributed by atoms with Gasteiger partial charge in [0.15, 0.2) is 11.5 Å². The summed E-state index contributed by atoms with van der Waals surface area (Å²) < 4.78 is 23.6. The molecule has 0 bridgehead atoms. The first-order valence-corrected chi connectivity index (χ1v) is 6.74. The molecule has 0 radical (unpaired) electrons. The maximum absolute atomic E-state index is 13.0. The molecule has 112 valence electrons. The molecular formula is C17H15FN2O2. The number of anilines is 2. The molecule has 3 aromatic rings. The van der Waals surface area contributed by atoms with Crippen molar-refractivity contribution in [2.75, 3.05) is 19.5 Å². The smallest absolute Gasteiger partial charge is 0.162 e. The molecule has 0 fully saturated rings. The van der Waals surface area contributed by atoms with E-state index in [1.54, 1.807) is 32.5 Å². The van der Waals surface area contributed by atoms with Crippen molar-refractivity contribution in [3.05, 3.63) is 54.5 Å². The lowest BCUT2D eigenvalue weighted by Gasteiger charge is -2.13. The zero-order chi connectivity index (χ0) is 15.5. The molecule has 22 heavy (non-hydrogen) atoms. The van der Waals surface area contributed by atoms with E-state index in [0.29, 0.717) is 11.5 Å². The Morgan fingerprint density at radius 1 is 0.955 bits per heavy atom. The molecule has 0 aliphatic heterocycles. The maximum atomic E-state index is 13.0. The van der Waals surface area contributed by atoms with Gasteiger partial charge < -0.3 is 14.8 Å². The van der Waals surface area contributed by atoms with Crippen molar-refractivity contribution in [1.82, 2.24) is 4.98 Å². The summed E-state index contributed by atoms with van der Waals surface area (Å²) in [6.45, 7) is 0. The van der Waals surface area contributed by atoms with Crippen LogP contribution in [-0.2, 0) is 0 Å². The zero-order valence-electron chi connectivity index (χ0n) is 12.3. The number of hydrogen-bond acceptors (Lipinski definition) is 4. The first kappa shape index (κ1) is 14.1. The van der Waals surface area contributed by atoms with E-state index in [2.05, 4.69) is 10.3 Å². The molecular weight excluding hydrogens is 283 g/mol. The fourth-order valence-electron chi connectivity index (χ4n) is 2.27. The van der Waals surface area contributed by atoms with Crippen molar-refractivity contribution in [1.29, 1.82) is 0 Å². The summed E-state index contributed by atoms with van der Waals surface area (Å²) in [5.74, 6) is 0.989. The van der Waals surface area contributed by atoms with Crippen molar-refractivity contribution in [2.45, 2.75) is 0 Å². The molecule has 0 saturated carbocycles. The summed E-state index contributed by atoms with van der Waals surface area (Å²) >= 11 is 0. The van der Waals surface area contributed by atoms with Crippen LogP contribution in [0.25, 0.3) is 10.9 Å². The Bertz CT molecular complexity index is 804. The van der Waals surface area contributed by atoms with Crippen molar-refractivity contribution in [2.24, 2.45) is 0 Å². The van der Waals surface area contributed by atoms with Crippen molar-refractivity contribution >= 4 is 22.3 Å². The molecule has 0 unspecified atom stereocenters. The van der Waals surface area contributed by atoms with Gasteiger partial charge in [-0.3, -0.25) is 4.98 Å². The molecule has 0 amide bonds. The monoisotopic (exact) mass is 298 g/mol. The number of nitrogens with zero attached hydrogens (tertiary/aromatic N) is 1. The molecule has 0 atom stereocenters. The number of fused-ring (bicyclic) bond motifs is 1. The van der Waals surface area contributed by atoms with Crippen LogP contribution in [0, 0.1) is 5.82 Å². The van der Waals surface area contributed by atoms with E-state index in [0.717, 1.165) is 22.3 Å². The minimum Gasteiger partial charge on any atom is -0.493 e. The standard InChI is InChI=1S/C17H15FN2O2/c1-21-16-9-13-14(20-12-5-3-11(18)4-6-12)7-8-19-15(13)10-17(16)22-2/h3-10H,1-2H3,(H,19,20). The third-order valence-electron chi connectivity index (χ3n) is 3.37. The van der Waals surface area contributed by atoms with Gasteiger partial charge in [-0.25, -0.2) is 4.39 Å². The topological polar surface area (TPSA) is 43.4 Å². The third kappa shape index (κ3) is 2.65. The van der Waals surface area contributed by atoms with E-state index >= 15 is 0 Å². The van der Waals surface area contributed by atoms with Crippen molar-refractivity contribution in [3.63, 3.8) is 0 Å². The molecule has 1 aromatic heterocycles. The molecule has 0 saturated heterocycles. The van der Waals surface area contributed by atoms with Crippen LogP contribution in [0.5, 0.6) is 11.5 Å².